The molecule has 1 heteroatoms. The molecule has 1 rings (SSSR count). The lowest BCUT2D eigenvalue weighted by molar-refractivity contribution is 0.406. The lowest BCUT2D eigenvalue weighted by atomic mass is 9.92. The van der Waals surface area contributed by atoms with Crippen LogP contribution in [-0.4, -0.2) is 18.5 Å². The Morgan fingerprint density at radius 3 is 2.82 bits per heavy atom. The second-order valence-corrected chi connectivity index (χ2v) is 3.87. The second kappa shape index (κ2) is 3.80. The van der Waals surface area contributed by atoms with Crippen molar-refractivity contribution in [3.8, 4) is 0 Å². The fourth-order valence-corrected chi connectivity index (χ4v) is 1.56. The van der Waals surface area contributed by atoms with E-state index >= 15 is 0 Å². The summed E-state index contributed by atoms with van der Waals surface area (Å²) in [6.07, 6.45) is 7.29. The molecule has 0 bridgehead atoms. The fourth-order valence-electron chi connectivity index (χ4n) is 1.56. The minimum Gasteiger partial charge on any atom is -0.381 e. The summed E-state index contributed by atoms with van der Waals surface area (Å²) < 4.78 is 0. The third kappa shape index (κ3) is 2.57. The summed E-state index contributed by atoms with van der Waals surface area (Å²) in [6, 6.07) is 0. The van der Waals surface area contributed by atoms with Gasteiger partial charge in [-0.3, -0.25) is 0 Å². The van der Waals surface area contributed by atoms with E-state index in [1.54, 1.807) is 0 Å². The summed E-state index contributed by atoms with van der Waals surface area (Å²) in [5.74, 6) is 1.61. The highest BCUT2D eigenvalue weighted by Gasteiger charge is 2.12. The molecule has 1 aliphatic rings. The van der Waals surface area contributed by atoms with E-state index in [9.17, 15) is 0 Å². The van der Waals surface area contributed by atoms with Gasteiger partial charge in [0.2, 0.25) is 0 Å². The van der Waals surface area contributed by atoms with E-state index in [0.717, 1.165) is 11.8 Å². The van der Waals surface area contributed by atoms with E-state index in [-0.39, 0.29) is 0 Å². The second-order valence-electron chi connectivity index (χ2n) is 3.87. The van der Waals surface area contributed by atoms with Crippen molar-refractivity contribution < 1.29 is 0 Å². The van der Waals surface area contributed by atoms with Crippen LogP contribution in [0, 0.1) is 11.8 Å². The van der Waals surface area contributed by atoms with Crippen LogP contribution in [0.5, 0.6) is 0 Å². The number of hydrogen-bond acceptors (Lipinski definition) is 1. The molecule has 0 spiro atoms. The highest BCUT2D eigenvalue weighted by molar-refractivity contribution is 4.91. The van der Waals surface area contributed by atoms with Gasteiger partial charge in [-0.1, -0.05) is 19.9 Å². The molecule has 0 radical (unpaired) electrons. The number of hydrogen-bond donors (Lipinski definition) is 0. The van der Waals surface area contributed by atoms with Gasteiger partial charge in [0.25, 0.3) is 0 Å². The van der Waals surface area contributed by atoms with Crippen LogP contribution in [0.2, 0.25) is 0 Å². The normalized spacial score (nSPS) is 25.8. The lowest BCUT2D eigenvalue weighted by Gasteiger charge is -2.13. The summed E-state index contributed by atoms with van der Waals surface area (Å²) in [5, 5.41) is 0. The maximum atomic E-state index is 2.36. The first kappa shape index (κ1) is 8.63. The van der Waals surface area contributed by atoms with Crippen molar-refractivity contribution in [2.75, 3.05) is 13.6 Å². The molecule has 0 aliphatic carbocycles. The van der Waals surface area contributed by atoms with E-state index in [0.29, 0.717) is 0 Å². The molecule has 1 aliphatic heterocycles. The molecule has 0 aromatic carbocycles. The molecule has 0 aromatic rings. The molecule has 11 heavy (non-hydrogen) atoms. The molecule has 1 unspecified atom stereocenters. The van der Waals surface area contributed by atoms with Crippen LogP contribution in [0.3, 0.4) is 0 Å². The monoisotopic (exact) mass is 153 g/mol. The fraction of sp³-hybridized carbons (Fsp3) is 0.800. The van der Waals surface area contributed by atoms with Crippen LogP contribution >= 0.6 is 0 Å². The minimum absolute atomic E-state index is 0.803. The van der Waals surface area contributed by atoms with Crippen molar-refractivity contribution in [3.05, 3.63) is 12.3 Å². The zero-order valence-electron chi connectivity index (χ0n) is 7.88. The molecule has 0 saturated carbocycles. The van der Waals surface area contributed by atoms with Gasteiger partial charge in [-0.2, -0.15) is 0 Å². The molecule has 0 amide bonds. The Balaban J connectivity index is 2.49. The van der Waals surface area contributed by atoms with Crippen LogP contribution in [0.25, 0.3) is 0 Å². The van der Waals surface area contributed by atoms with Crippen molar-refractivity contribution in [2.45, 2.75) is 26.7 Å². The van der Waals surface area contributed by atoms with Gasteiger partial charge in [0.15, 0.2) is 0 Å². The van der Waals surface area contributed by atoms with Crippen LogP contribution in [0.4, 0.5) is 0 Å². The molecular formula is C10H19N. The van der Waals surface area contributed by atoms with Gasteiger partial charge >= 0.3 is 0 Å². The summed E-state index contributed by atoms with van der Waals surface area (Å²) in [7, 11) is 2.15. The highest BCUT2D eigenvalue weighted by Crippen LogP contribution is 2.21. The van der Waals surface area contributed by atoms with Gasteiger partial charge in [-0.15, -0.1) is 0 Å². The van der Waals surface area contributed by atoms with Crippen LogP contribution in [-0.2, 0) is 0 Å². The first-order chi connectivity index (χ1) is 5.20. The number of rotatable bonds is 1. The van der Waals surface area contributed by atoms with E-state index in [4.69, 9.17) is 0 Å². The predicted molar refractivity (Wildman–Crippen MR) is 49.3 cm³/mol. The first-order valence-electron chi connectivity index (χ1n) is 4.58. The maximum absolute atomic E-state index is 2.36. The molecule has 64 valence electrons. The Kier molecular flexibility index (Phi) is 2.98. The van der Waals surface area contributed by atoms with Gasteiger partial charge in [0.1, 0.15) is 0 Å². The van der Waals surface area contributed by atoms with Crippen molar-refractivity contribution in [1.29, 1.82) is 0 Å². The zero-order chi connectivity index (χ0) is 8.27. The SMILES string of the molecule is CC(C)C1C=CN(C)CCC1. The minimum atomic E-state index is 0.803. The standard InChI is InChI=1S/C10H19N/c1-9(2)10-5-4-7-11(3)8-6-10/h6,8-10H,4-5,7H2,1-3H3. The predicted octanol–water partition coefficient (Wildman–Crippen LogP) is 2.50. The highest BCUT2D eigenvalue weighted by atomic mass is 15.1. The molecule has 1 nitrogen and oxygen atoms in total. The van der Waals surface area contributed by atoms with Crippen molar-refractivity contribution in [3.63, 3.8) is 0 Å². The van der Waals surface area contributed by atoms with Crippen LogP contribution < -0.4 is 0 Å². The van der Waals surface area contributed by atoms with E-state index < -0.39 is 0 Å². The van der Waals surface area contributed by atoms with E-state index in [1.165, 1.54) is 19.4 Å². The summed E-state index contributed by atoms with van der Waals surface area (Å²) in [6.45, 7) is 5.83. The molecule has 1 heterocycles. The zero-order valence-corrected chi connectivity index (χ0v) is 7.88. The summed E-state index contributed by atoms with van der Waals surface area (Å²) >= 11 is 0. The molecular weight excluding hydrogens is 134 g/mol. The first-order valence-corrected chi connectivity index (χ1v) is 4.58. The van der Waals surface area contributed by atoms with E-state index in [1.807, 2.05) is 0 Å². The number of nitrogens with zero attached hydrogens (tertiary/aromatic N) is 1. The Hall–Kier alpha value is -0.460. The van der Waals surface area contributed by atoms with Gasteiger partial charge in [0.05, 0.1) is 0 Å². The van der Waals surface area contributed by atoms with Crippen molar-refractivity contribution in [2.24, 2.45) is 11.8 Å². The average molecular weight is 153 g/mol. The molecule has 0 aromatic heterocycles. The topological polar surface area (TPSA) is 3.24 Å². The van der Waals surface area contributed by atoms with Crippen molar-refractivity contribution in [1.82, 2.24) is 4.90 Å². The van der Waals surface area contributed by atoms with Crippen LogP contribution in [0.15, 0.2) is 12.3 Å². The van der Waals surface area contributed by atoms with Gasteiger partial charge in [-0.05, 0) is 30.9 Å². The summed E-state index contributed by atoms with van der Waals surface area (Å²) in [5.41, 5.74) is 0. The summed E-state index contributed by atoms with van der Waals surface area (Å²) in [4.78, 5) is 2.28. The average Bonchev–Trinajstić information content (AvgIpc) is 2.13. The molecule has 0 saturated heterocycles. The van der Waals surface area contributed by atoms with Gasteiger partial charge in [-0.25, -0.2) is 0 Å². The Morgan fingerprint density at radius 1 is 1.45 bits per heavy atom. The van der Waals surface area contributed by atoms with Crippen LogP contribution in [0.1, 0.15) is 26.7 Å². The van der Waals surface area contributed by atoms with Gasteiger partial charge in [0, 0.05) is 13.6 Å². The van der Waals surface area contributed by atoms with E-state index in [2.05, 4.69) is 38.1 Å². The third-order valence-corrected chi connectivity index (χ3v) is 2.49. The molecule has 1 atom stereocenters. The lowest BCUT2D eigenvalue weighted by Crippen LogP contribution is -2.09. The quantitative estimate of drug-likeness (QED) is 0.559. The number of allylic oxidation sites excluding steroid dienone is 1. The largest absolute Gasteiger partial charge is 0.381 e. The van der Waals surface area contributed by atoms with Crippen molar-refractivity contribution >= 4 is 0 Å². The van der Waals surface area contributed by atoms with Gasteiger partial charge < -0.3 is 4.90 Å². The third-order valence-electron chi connectivity index (χ3n) is 2.49. The molecule has 0 N–H and O–H groups in total. The smallest absolute Gasteiger partial charge is 0.0169 e. The Morgan fingerprint density at radius 2 is 2.18 bits per heavy atom. The Labute approximate surface area is 70.1 Å². The Bertz CT molecular complexity index is 138. The molecule has 0 fully saturated rings. The maximum Gasteiger partial charge on any atom is 0.0169 e.